The van der Waals surface area contributed by atoms with Gasteiger partial charge in [-0.1, -0.05) is 13.8 Å². The van der Waals surface area contributed by atoms with Crippen LogP contribution in [0, 0.1) is 5.41 Å². The molecule has 8 heteroatoms. The Balaban J connectivity index is 2.04. The van der Waals surface area contributed by atoms with Gasteiger partial charge in [-0.3, -0.25) is 5.43 Å². The van der Waals surface area contributed by atoms with Gasteiger partial charge in [0.15, 0.2) is 0 Å². The first-order chi connectivity index (χ1) is 9.32. The normalized spacial score (nSPS) is 19.8. The van der Waals surface area contributed by atoms with Crippen LogP contribution in [0.1, 0.15) is 39.5 Å². The molecule has 0 unspecified atom stereocenters. The van der Waals surface area contributed by atoms with E-state index in [0.29, 0.717) is 5.41 Å². The molecule has 1 aliphatic rings. The monoisotopic (exact) mass is 299 g/mol. The molecule has 0 aliphatic heterocycles. The lowest BCUT2D eigenvalue weighted by Crippen LogP contribution is -2.39. The molecule has 7 nitrogen and oxygen atoms in total. The quantitative estimate of drug-likeness (QED) is 0.565. The maximum absolute atomic E-state index is 12.2. The average molecular weight is 299 g/mol. The van der Waals surface area contributed by atoms with Crippen molar-refractivity contribution in [3.8, 4) is 0 Å². The molecule has 1 heterocycles. The predicted octanol–water partition coefficient (Wildman–Crippen LogP) is 1.01. The smallest absolute Gasteiger partial charge is 0.243 e. The molecule has 0 amide bonds. The molecule has 2 rings (SSSR count). The Morgan fingerprint density at radius 2 is 1.80 bits per heavy atom. The highest BCUT2D eigenvalue weighted by Gasteiger charge is 2.29. The Labute approximate surface area is 119 Å². The van der Waals surface area contributed by atoms with Crippen LogP contribution in [0.4, 0.5) is 5.95 Å². The molecular formula is C12H21N5O2S. The van der Waals surface area contributed by atoms with Gasteiger partial charge >= 0.3 is 0 Å². The summed E-state index contributed by atoms with van der Waals surface area (Å²) in [6.07, 6.45) is 6.25. The topological polar surface area (TPSA) is 110 Å². The minimum atomic E-state index is -3.57. The highest BCUT2D eigenvalue weighted by Crippen LogP contribution is 2.35. The number of nitrogens with one attached hydrogen (secondary N) is 2. The summed E-state index contributed by atoms with van der Waals surface area (Å²) in [5.41, 5.74) is 2.56. The van der Waals surface area contributed by atoms with Crippen LogP contribution in [0.3, 0.4) is 0 Å². The number of nitrogen functional groups attached to an aromatic ring is 1. The second-order valence-electron chi connectivity index (χ2n) is 5.95. The van der Waals surface area contributed by atoms with Crippen molar-refractivity contribution < 1.29 is 8.42 Å². The Bertz CT molecular complexity index is 546. The third kappa shape index (κ3) is 3.65. The van der Waals surface area contributed by atoms with Gasteiger partial charge in [-0.05, 0) is 31.1 Å². The van der Waals surface area contributed by atoms with E-state index in [4.69, 9.17) is 5.84 Å². The van der Waals surface area contributed by atoms with Gasteiger partial charge in [-0.25, -0.2) is 29.0 Å². The molecule has 0 atom stereocenters. The van der Waals surface area contributed by atoms with Crippen LogP contribution >= 0.6 is 0 Å². The third-order valence-corrected chi connectivity index (χ3v) is 5.20. The number of nitrogens with zero attached hydrogens (tertiary/aromatic N) is 2. The molecule has 0 bridgehead atoms. The molecule has 1 aromatic rings. The zero-order valence-corrected chi connectivity index (χ0v) is 12.6. The largest absolute Gasteiger partial charge is 0.292 e. The highest BCUT2D eigenvalue weighted by atomic mass is 32.2. The lowest BCUT2D eigenvalue weighted by atomic mass is 9.76. The summed E-state index contributed by atoms with van der Waals surface area (Å²) >= 11 is 0. The number of sulfonamides is 1. The Morgan fingerprint density at radius 3 is 2.30 bits per heavy atom. The van der Waals surface area contributed by atoms with Crippen LogP contribution in [-0.4, -0.2) is 24.4 Å². The van der Waals surface area contributed by atoms with E-state index in [0.717, 1.165) is 25.7 Å². The van der Waals surface area contributed by atoms with E-state index in [2.05, 4.69) is 34.0 Å². The van der Waals surface area contributed by atoms with Crippen LogP contribution in [0.5, 0.6) is 0 Å². The summed E-state index contributed by atoms with van der Waals surface area (Å²) < 4.78 is 27.2. The van der Waals surface area contributed by atoms with Crippen LogP contribution in [0.25, 0.3) is 0 Å². The summed E-state index contributed by atoms with van der Waals surface area (Å²) in [7, 11) is -3.57. The predicted molar refractivity (Wildman–Crippen MR) is 76.2 cm³/mol. The minimum absolute atomic E-state index is 0.0136. The third-order valence-electron chi connectivity index (χ3n) is 3.73. The van der Waals surface area contributed by atoms with Crippen molar-refractivity contribution in [1.29, 1.82) is 0 Å². The fraction of sp³-hybridized carbons (Fsp3) is 0.667. The van der Waals surface area contributed by atoms with Gasteiger partial charge in [-0.2, -0.15) is 0 Å². The maximum atomic E-state index is 12.2. The Morgan fingerprint density at radius 1 is 1.25 bits per heavy atom. The molecule has 0 radical (unpaired) electrons. The van der Waals surface area contributed by atoms with E-state index in [1.165, 1.54) is 12.4 Å². The summed E-state index contributed by atoms with van der Waals surface area (Å²) in [5, 5.41) is 0. The van der Waals surface area contributed by atoms with Gasteiger partial charge in [0.25, 0.3) is 0 Å². The molecule has 1 fully saturated rings. The molecule has 1 aliphatic carbocycles. The molecular weight excluding hydrogens is 278 g/mol. The van der Waals surface area contributed by atoms with E-state index in [-0.39, 0.29) is 16.9 Å². The fourth-order valence-electron chi connectivity index (χ4n) is 2.33. The standard InChI is InChI=1S/C12H21N5O2S/c1-12(2)5-3-9(4-6-12)17-20(18,19)10-7-14-11(16-13)15-8-10/h7-9,17H,3-6,13H2,1-2H3,(H,14,15,16). The molecule has 1 aromatic heterocycles. The molecule has 20 heavy (non-hydrogen) atoms. The fourth-order valence-corrected chi connectivity index (χ4v) is 3.53. The van der Waals surface area contributed by atoms with E-state index < -0.39 is 10.0 Å². The molecule has 4 N–H and O–H groups in total. The Hall–Kier alpha value is -1.25. The van der Waals surface area contributed by atoms with Crippen molar-refractivity contribution in [2.24, 2.45) is 11.3 Å². The van der Waals surface area contributed by atoms with Crippen molar-refractivity contribution in [2.75, 3.05) is 5.43 Å². The van der Waals surface area contributed by atoms with Gasteiger partial charge in [0.2, 0.25) is 16.0 Å². The first kappa shape index (κ1) is 15.1. The number of hydrogen-bond acceptors (Lipinski definition) is 6. The van der Waals surface area contributed by atoms with E-state index >= 15 is 0 Å². The van der Waals surface area contributed by atoms with Crippen molar-refractivity contribution in [1.82, 2.24) is 14.7 Å². The van der Waals surface area contributed by atoms with E-state index in [1.807, 2.05) is 0 Å². The van der Waals surface area contributed by atoms with Crippen molar-refractivity contribution in [3.63, 3.8) is 0 Å². The number of nitrogens with two attached hydrogens (primary N) is 1. The van der Waals surface area contributed by atoms with Crippen LogP contribution < -0.4 is 16.0 Å². The average Bonchev–Trinajstić information content (AvgIpc) is 2.41. The van der Waals surface area contributed by atoms with Gasteiger partial charge in [0.05, 0.1) is 12.4 Å². The number of hydrogen-bond donors (Lipinski definition) is 3. The summed E-state index contributed by atoms with van der Waals surface area (Å²) in [6, 6.07) is -0.0136. The molecule has 0 aromatic carbocycles. The second-order valence-corrected chi connectivity index (χ2v) is 7.66. The minimum Gasteiger partial charge on any atom is -0.292 e. The van der Waals surface area contributed by atoms with Crippen molar-refractivity contribution in [3.05, 3.63) is 12.4 Å². The first-order valence-electron chi connectivity index (χ1n) is 6.63. The lowest BCUT2D eigenvalue weighted by Gasteiger charge is -2.34. The molecule has 0 spiro atoms. The number of aromatic nitrogens is 2. The van der Waals surface area contributed by atoms with Crippen LogP contribution in [-0.2, 0) is 10.0 Å². The summed E-state index contributed by atoms with van der Waals surface area (Å²) in [6.45, 7) is 4.42. The highest BCUT2D eigenvalue weighted by molar-refractivity contribution is 7.89. The number of anilines is 1. The summed E-state index contributed by atoms with van der Waals surface area (Å²) in [5.74, 6) is 5.33. The first-order valence-corrected chi connectivity index (χ1v) is 8.12. The van der Waals surface area contributed by atoms with Crippen LogP contribution in [0.2, 0.25) is 0 Å². The second kappa shape index (κ2) is 5.63. The van der Waals surface area contributed by atoms with Gasteiger partial charge in [0.1, 0.15) is 4.90 Å². The van der Waals surface area contributed by atoms with Gasteiger partial charge in [0, 0.05) is 6.04 Å². The molecule has 112 valence electrons. The SMILES string of the molecule is CC1(C)CCC(NS(=O)(=O)c2cnc(NN)nc2)CC1. The lowest BCUT2D eigenvalue weighted by molar-refractivity contribution is 0.218. The summed E-state index contributed by atoms with van der Waals surface area (Å²) in [4.78, 5) is 7.68. The molecule has 1 saturated carbocycles. The number of hydrazine groups is 1. The van der Waals surface area contributed by atoms with Gasteiger partial charge < -0.3 is 0 Å². The zero-order chi connectivity index (χ0) is 14.8. The zero-order valence-electron chi connectivity index (χ0n) is 11.8. The Kier molecular flexibility index (Phi) is 4.26. The molecule has 0 saturated heterocycles. The maximum Gasteiger partial charge on any atom is 0.243 e. The van der Waals surface area contributed by atoms with Crippen molar-refractivity contribution >= 4 is 16.0 Å². The number of rotatable bonds is 4. The van der Waals surface area contributed by atoms with Crippen molar-refractivity contribution in [2.45, 2.75) is 50.5 Å². The van der Waals surface area contributed by atoms with E-state index in [9.17, 15) is 8.42 Å². The van der Waals surface area contributed by atoms with Gasteiger partial charge in [-0.15, -0.1) is 0 Å². The van der Waals surface area contributed by atoms with Crippen LogP contribution in [0.15, 0.2) is 17.3 Å². The van der Waals surface area contributed by atoms with E-state index in [1.54, 1.807) is 0 Å².